The molecule has 2 bridgehead atoms. The molecule has 2 aliphatic heterocycles. The number of carbonyl (C=O) groups is 1. The van der Waals surface area contributed by atoms with E-state index < -0.39 is 0 Å². The van der Waals surface area contributed by atoms with E-state index in [9.17, 15) is 9.59 Å². The van der Waals surface area contributed by atoms with Crippen LogP contribution in [0.4, 0.5) is 0 Å². The fourth-order valence-corrected chi connectivity index (χ4v) is 3.47. The number of hydrogen-bond acceptors (Lipinski definition) is 2. The lowest BCUT2D eigenvalue weighted by molar-refractivity contribution is -0.134. The predicted octanol–water partition coefficient (Wildman–Crippen LogP) is 1.59. The molecule has 0 unspecified atom stereocenters. The van der Waals surface area contributed by atoms with Crippen molar-refractivity contribution in [3.8, 4) is 0 Å². The molecule has 0 saturated carbocycles. The molecule has 3 rings (SSSR count). The van der Waals surface area contributed by atoms with Crippen molar-refractivity contribution in [2.75, 3.05) is 13.1 Å². The van der Waals surface area contributed by atoms with Gasteiger partial charge in [0.1, 0.15) is 0 Å². The summed E-state index contributed by atoms with van der Waals surface area (Å²) in [6.45, 7) is 4.40. The molecule has 0 radical (unpaired) electrons. The molecule has 1 saturated heterocycles. The van der Waals surface area contributed by atoms with Gasteiger partial charge >= 0.3 is 0 Å². The number of amides is 1. The molecule has 102 valence electrons. The third-order valence-corrected chi connectivity index (χ3v) is 4.30. The molecule has 0 aliphatic carbocycles. The van der Waals surface area contributed by atoms with Crippen LogP contribution in [0.25, 0.3) is 0 Å². The monoisotopic (exact) mass is 260 g/mol. The zero-order valence-electron chi connectivity index (χ0n) is 11.3. The Morgan fingerprint density at radius 3 is 2.95 bits per heavy atom. The van der Waals surface area contributed by atoms with E-state index in [1.54, 1.807) is 6.07 Å². The first-order valence-corrected chi connectivity index (χ1v) is 7.16. The number of rotatable bonds is 2. The molecule has 0 N–H and O–H groups in total. The molecule has 1 aromatic heterocycles. The van der Waals surface area contributed by atoms with Crippen molar-refractivity contribution in [3.05, 3.63) is 34.2 Å². The largest absolute Gasteiger partial charge is 0.342 e. The molecule has 0 aromatic carbocycles. The van der Waals surface area contributed by atoms with Gasteiger partial charge < -0.3 is 9.47 Å². The fraction of sp³-hybridized carbons (Fsp3) is 0.600. The predicted molar refractivity (Wildman–Crippen MR) is 73.0 cm³/mol. The Kier molecular flexibility index (Phi) is 3.17. The molecule has 2 aliphatic rings. The van der Waals surface area contributed by atoms with Crippen LogP contribution < -0.4 is 5.56 Å². The standard InChI is InChI=1S/C15H20N2O2/c1-2-4-14(18)16-8-11-7-12(10-16)13-5-3-6-15(19)17(13)9-11/h3,5-6,11-12H,2,4,7-10H2,1H3/t11-,12+/m1/s1. The van der Waals surface area contributed by atoms with Gasteiger partial charge in [-0.25, -0.2) is 0 Å². The number of aromatic nitrogens is 1. The van der Waals surface area contributed by atoms with Gasteiger partial charge in [-0.1, -0.05) is 13.0 Å². The smallest absolute Gasteiger partial charge is 0.250 e. The number of pyridine rings is 1. The minimum atomic E-state index is 0.0977. The lowest BCUT2D eigenvalue weighted by Crippen LogP contribution is -2.49. The van der Waals surface area contributed by atoms with Gasteiger partial charge in [0.05, 0.1) is 0 Å². The van der Waals surface area contributed by atoms with Crippen molar-refractivity contribution in [2.24, 2.45) is 5.92 Å². The van der Waals surface area contributed by atoms with Gasteiger partial charge in [0.2, 0.25) is 5.91 Å². The van der Waals surface area contributed by atoms with Gasteiger partial charge in [0.15, 0.2) is 0 Å². The topological polar surface area (TPSA) is 42.3 Å². The van der Waals surface area contributed by atoms with Crippen LogP contribution in [-0.4, -0.2) is 28.5 Å². The van der Waals surface area contributed by atoms with Crippen LogP contribution in [0.2, 0.25) is 0 Å². The van der Waals surface area contributed by atoms with E-state index in [0.717, 1.165) is 38.2 Å². The number of fused-ring (bicyclic) bond motifs is 4. The summed E-state index contributed by atoms with van der Waals surface area (Å²) in [7, 11) is 0. The molecule has 4 nitrogen and oxygen atoms in total. The first-order valence-electron chi connectivity index (χ1n) is 7.16. The van der Waals surface area contributed by atoms with Crippen molar-refractivity contribution < 1.29 is 4.79 Å². The second-order valence-corrected chi connectivity index (χ2v) is 5.75. The second kappa shape index (κ2) is 4.83. The van der Waals surface area contributed by atoms with E-state index >= 15 is 0 Å². The Bertz CT molecular complexity index is 549. The lowest BCUT2D eigenvalue weighted by atomic mass is 9.83. The van der Waals surface area contributed by atoms with Crippen LogP contribution in [-0.2, 0) is 11.3 Å². The molecule has 0 spiro atoms. The Hall–Kier alpha value is -1.58. The molecule has 1 fully saturated rings. The van der Waals surface area contributed by atoms with E-state index in [4.69, 9.17) is 0 Å². The Labute approximate surface area is 113 Å². The summed E-state index contributed by atoms with van der Waals surface area (Å²) in [5.74, 6) is 1.04. The molecule has 4 heteroatoms. The Balaban J connectivity index is 1.88. The van der Waals surface area contributed by atoms with Crippen LogP contribution in [0.15, 0.2) is 23.0 Å². The van der Waals surface area contributed by atoms with E-state index in [0.29, 0.717) is 18.3 Å². The summed E-state index contributed by atoms with van der Waals surface area (Å²) in [6.07, 6.45) is 2.65. The maximum Gasteiger partial charge on any atom is 0.250 e. The third-order valence-electron chi connectivity index (χ3n) is 4.30. The second-order valence-electron chi connectivity index (χ2n) is 5.75. The molecule has 2 atom stereocenters. The van der Waals surface area contributed by atoms with E-state index in [2.05, 4.69) is 0 Å². The third kappa shape index (κ3) is 2.20. The average Bonchev–Trinajstić information content (AvgIpc) is 2.40. The van der Waals surface area contributed by atoms with Crippen LogP contribution in [0.3, 0.4) is 0 Å². The zero-order chi connectivity index (χ0) is 13.4. The highest BCUT2D eigenvalue weighted by atomic mass is 16.2. The SMILES string of the molecule is CCCC(=O)N1C[C@H]2C[C@@H](C1)c1cccc(=O)n1C2. The van der Waals surface area contributed by atoms with Gasteiger partial charge in [-0.05, 0) is 24.8 Å². The van der Waals surface area contributed by atoms with E-state index in [-0.39, 0.29) is 11.5 Å². The normalized spacial score (nSPS) is 25.0. The van der Waals surface area contributed by atoms with E-state index in [1.165, 1.54) is 0 Å². The molecule has 1 amide bonds. The highest BCUT2D eigenvalue weighted by Crippen LogP contribution is 2.35. The maximum absolute atomic E-state index is 12.1. The van der Waals surface area contributed by atoms with Crippen LogP contribution in [0.5, 0.6) is 0 Å². The van der Waals surface area contributed by atoms with Gasteiger partial charge in [-0.2, -0.15) is 0 Å². The van der Waals surface area contributed by atoms with Crippen molar-refractivity contribution in [1.82, 2.24) is 9.47 Å². The van der Waals surface area contributed by atoms with Crippen molar-refractivity contribution in [3.63, 3.8) is 0 Å². The first kappa shape index (κ1) is 12.5. The highest BCUT2D eigenvalue weighted by molar-refractivity contribution is 5.76. The molecule has 1 aromatic rings. The lowest BCUT2D eigenvalue weighted by Gasteiger charge is -2.42. The van der Waals surface area contributed by atoms with Crippen molar-refractivity contribution in [1.29, 1.82) is 0 Å². The number of piperidine rings is 1. The van der Waals surface area contributed by atoms with Crippen LogP contribution >= 0.6 is 0 Å². The quantitative estimate of drug-likeness (QED) is 0.810. The number of carbonyl (C=O) groups excluding carboxylic acids is 1. The van der Waals surface area contributed by atoms with Gasteiger partial charge in [-0.3, -0.25) is 9.59 Å². The van der Waals surface area contributed by atoms with Crippen LogP contribution in [0.1, 0.15) is 37.8 Å². The summed E-state index contributed by atoms with van der Waals surface area (Å²) in [5.41, 5.74) is 1.21. The van der Waals surface area contributed by atoms with Crippen molar-refractivity contribution >= 4 is 5.91 Å². The summed E-state index contributed by atoms with van der Waals surface area (Å²) in [4.78, 5) is 26.0. The fourth-order valence-electron chi connectivity index (χ4n) is 3.47. The molecule has 19 heavy (non-hydrogen) atoms. The summed E-state index contributed by atoms with van der Waals surface area (Å²) in [5, 5.41) is 0. The average molecular weight is 260 g/mol. The minimum absolute atomic E-state index is 0.0977. The summed E-state index contributed by atoms with van der Waals surface area (Å²) in [6, 6.07) is 5.50. The van der Waals surface area contributed by atoms with Gasteiger partial charge in [-0.15, -0.1) is 0 Å². The first-order chi connectivity index (χ1) is 9.19. The highest BCUT2D eigenvalue weighted by Gasteiger charge is 2.35. The summed E-state index contributed by atoms with van der Waals surface area (Å²) < 4.78 is 1.90. The number of hydrogen-bond donors (Lipinski definition) is 0. The van der Waals surface area contributed by atoms with Crippen LogP contribution in [0, 0.1) is 5.92 Å². The maximum atomic E-state index is 12.1. The molecule has 3 heterocycles. The Morgan fingerprint density at radius 1 is 1.32 bits per heavy atom. The van der Waals surface area contributed by atoms with Gasteiger partial charge in [0, 0.05) is 43.7 Å². The number of likely N-dealkylation sites (tertiary alicyclic amines) is 1. The molecular weight excluding hydrogens is 240 g/mol. The minimum Gasteiger partial charge on any atom is -0.342 e. The Morgan fingerprint density at radius 2 is 2.16 bits per heavy atom. The van der Waals surface area contributed by atoms with E-state index in [1.807, 2.05) is 28.5 Å². The molecular formula is C15H20N2O2. The summed E-state index contributed by atoms with van der Waals surface area (Å²) >= 11 is 0. The number of nitrogens with zero attached hydrogens (tertiary/aromatic N) is 2. The zero-order valence-corrected chi connectivity index (χ0v) is 11.3. The van der Waals surface area contributed by atoms with Gasteiger partial charge in [0.25, 0.3) is 5.56 Å². The van der Waals surface area contributed by atoms with Crippen molar-refractivity contribution in [2.45, 2.75) is 38.6 Å².